The second-order valence-electron chi connectivity index (χ2n) is 14.6. The highest BCUT2D eigenvalue weighted by Crippen LogP contribution is 2.39. The zero-order chi connectivity index (χ0) is 40.2. The summed E-state index contributed by atoms with van der Waals surface area (Å²) in [7, 11) is 0. The highest BCUT2D eigenvalue weighted by molar-refractivity contribution is 6.36. The van der Waals surface area contributed by atoms with Gasteiger partial charge in [-0.15, -0.1) is 0 Å². The number of fused-ring (bicyclic) bond motifs is 2. The molecule has 2 heterocycles. The van der Waals surface area contributed by atoms with Crippen molar-refractivity contribution in [2.75, 3.05) is 21.3 Å². The predicted molar refractivity (Wildman–Crippen MR) is 231 cm³/mol. The number of amides is 4. The molecule has 0 fully saturated rings. The van der Waals surface area contributed by atoms with E-state index in [2.05, 4.69) is 24.3 Å². The van der Waals surface area contributed by atoms with Crippen LogP contribution in [0.1, 0.15) is 66.4 Å². The molecule has 0 bridgehead atoms. The minimum atomic E-state index is -0.357. The lowest BCUT2D eigenvalue weighted by Gasteiger charge is -2.23. The number of imide groups is 2. The van der Waals surface area contributed by atoms with Crippen LogP contribution in [-0.4, -0.2) is 23.6 Å². The molecule has 7 aromatic rings. The summed E-state index contributed by atoms with van der Waals surface area (Å²) >= 11 is 0. The van der Waals surface area contributed by atoms with Gasteiger partial charge in [-0.3, -0.25) is 19.2 Å². The molecule has 0 saturated carbocycles. The normalized spacial score (nSPS) is 13.3. The maximum atomic E-state index is 14.0. The molecule has 8 heteroatoms. The van der Waals surface area contributed by atoms with E-state index in [4.69, 9.17) is 11.5 Å². The molecule has 0 aromatic heterocycles. The first-order valence-corrected chi connectivity index (χ1v) is 19.3. The quantitative estimate of drug-likeness (QED) is 0.117. The number of hydrogen-bond donors (Lipinski definition) is 2. The Morgan fingerprint density at radius 2 is 0.690 bits per heavy atom. The molecular formula is C50H38N4O4. The van der Waals surface area contributed by atoms with Crippen LogP contribution >= 0.6 is 0 Å². The molecule has 0 saturated heterocycles. The zero-order valence-corrected chi connectivity index (χ0v) is 32.0. The maximum Gasteiger partial charge on any atom is 0.266 e. The Morgan fingerprint density at radius 3 is 1.14 bits per heavy atom. The molecule has 0 aliphatic carbocycles. The summed E-state index contributed by atoms with van der Waals surface area (Å²) in [5.41, 5.74) is 25.0. The second kappa shape index (κ2) is 14.2. The summed E-state index contributed by atoms with van der Waals surface area (Å²) < 4.78 is 0. The molecule has 2 aliphatic rings. The van der Waals surface area contributed by atoms with E-state index in [0.29, 0.717) is 57.8 Å². The van der Waals surface area contributed by atoms with Gasteiger partial charge in [0.05, 0.1) is 33.6 Å². The smallest absolute Gasteiger partial charge is 0.266 e. The predicted octanol–water partition coefficient (Wildman–Crippen LogP) is 10.2. The van der Waals surface area contributed by atoms with Crippen molar-refractivity contribution in [3.8, 4) is 44.5 Å². The van der Waals surface area contributed by atoms with Gasteiger partial charge < -0.3 is 11.5 Å². The van der Waals surface area contributed by atoms with Crippen molar-refractivity contribution in [2.45, 2.75) is 26.7 Å². The highest BCUT2D eigenvalue weighted by atomic mass is 16.2. The molecule has 0 unspecified atom stereocenters. The van der Waals surface area contributed by atoms with Crippen molar-refractivity contribution in [2.24, 2.45) is 0 Å². The van der Waals surface area contributed by atoms with E-state index >= 15 is 0 Å². The van der Waals surface area contributed by atoms with Crippen molar-refractivity contribution in [1.82, 2.24) is 0 Å². The Balaban J connectivity index is 0.952. The SMILES string of the molecule is CCc1cc(-c2ccc(-c3ccc(N4C(=O)c5ccc(-c6ccc(N)cc6)cc5C4=O)cc3)cc2)cc(CC)c1N1C(=O)c2ccc(-c3ccc(N)cc3)cc2C1=O. The molecule has 0 radical (unpaired) electrons. The van der Waals surface area contributed by atoms with Gasteiger partial charge in [-0.05, 0) is 141 Å². The van der Waals surface area contributed by atoms with E-state index in [-0.39, 0.29) is 23.6 Å². The molecule has 4 N–H and O–H groups in total. The Hall–Kier alpha value is -7.58. The van der Waals surface area contributed by atoms with E-state index in [9.17, 15) is 19.2 Å². The van der Waals surface area contributed by atoms with Crippen molar-refractivity contribution in [3.63, 3.8) is 0 Å². The topological polar surface area (TPSA) is 127 Å². The fraction of sp³-hybridized carbons (Fsp3) is 0.0800. The van der Waals surface area contributed by atoms with Gasteiger partial charge >= 0.3 is 0 Å². The summed E-state index contributed by atoms with van der Waals surface area (Å²) in [5, 5.41) is 0. The zero-order valence-electron chi connectivity index (χ0n) is 32.0. The Kier molecular flexibility index (Phi) is 8.82. The fourth-order valence-electron chi connectivity index (χ4n) is 8.04. The van der Waals surface area contributed by atoms with Crippen LogP contribution in [-0.2, 0) is 12.8 Å². The van der Waals surface area contributed by atoms with Gasteiger partial charge in [-0.2, -0.15) is 0 Å². The van der Waals surface area contributed by atoms with Gasteiger partial charge in [0.25, 0.3) is 23.6 Å². The van der Waals surface area contributed by atoms with E-state index in [1.807, 2.05) is 86.6 Å². The van der Waals surface area contributed by atoms with Crippen molar-refractivity contribution >= 4 is 46.4 Å². The molecule has 0 atom stereocenters. The standard InChI is InChI=1S/C50H38N4O4/c1-3-29-25-38(26-30(4-2)46(29)54-48(56)43-24-16-37(28-45(43)50(54)58)34-11-19-40(52)20-12-34)35-7-5-31(6-8-35)32-13-21-41(22-14-32)53-47(55)42-23-15-36(27-44(42)49(53)57)33-9-17-39(51)18-10-33/h5-28H,3-4,51-52H2,1-2H3. The van der Waals surface area contributed by atoms with Crippen molar-refractivity contribution in [3.05, 3.63) is 179 Å². The van der Waals surface area contributed by atoms with Crippen molar-refractivity contribution < 1.29 is 19.2 Å². The average Bonchev–Trinajstić information content (AvgIpc) is 3.66. The molecule has 282 valence electrons. The van der Waals surface area contributed by atoms with Gasteiger partial charge in [0.15, 0.2) is 0 Å². The summed E-state index contributed by atoms with van der Waals surface area (Å²) in [6.45, 7) is 4.07. The van der Waals surface area contributed by atoms with Gasteiger partial charge in [0.1, 0.15) is 0 Å². The molecule has 4 amide bonds. The molecular weight excluding hydrogens is 721 g/mol. The number of nitrogen functional groups attached to an aromatic ring is 2. The molecule has 7 aromatic carbocycles. The third-order valence-corrected chi connectivity index (χ3v) is 11.2. The summed E-state index contributed by atoms with van der Waals surface area (Å²) in [6.07, 6.45) is 1.25. The molecule has 58 heavy (non-hydrogen) atoms. The van der Waals surface area contributed by atoms with E-state index in [1.54, 1.807) is 48.5 Å². The first-order valence-electron chi connectivity index (χ1n) is 19.3. The van der Waals surface area contributed by atoms with E-state index in [1.165, 1.54) is 9.80 Å². The first kappa shape index (κ1) is 36.1. The minimum absolute atomic E-state index is 0.317. The summed E-state index contributed by atoms with van der Waals surface area (Å²) in [4.78, 5) is 57.4. The van der Waals surface area contributed by atoms with Crippen molar-refractivity contribution in [1.29, 1.82) is 0 Å². The summed E-state index contributed by atoms with van der Waals surface area (Å²) in [6, 6.07) is 45.3. The van der Waals surface area contributed by atoms with Crippen LogP contribution in [0.5, 0.6) is 0 Å². The number of nitrogens with two attached hydrogens (primary N) is 2. The van der Waals surface area contributed by atoms with Gasteiger partial charge in [0, 0.05) is 11.4 Å². The fourth-order valence-corrected chi connectivity index (χ4v) is 8.04. The largest absolute Gasteiger partial charge is 0.399 e. The number of carbonyl (C=O) groups is 4. The monoisotopic (exact) mass is 758 g/mol. The van der Waals surface area contributed by atoms with Gasteiger partial charge in [0.2, 0.25) is 0 Å². The number of aryl methyl sites for hydroxylation is 2. The second-order valence-corrected chi connectivity index (χ2v) is 14.6. The van der Waals surface area contributed by atoms with Crippen LogP contribution in [0.25, 0.3) is 44.5 Å². The van der Waals surface area contributed by atoms with Gasteiger partial charge in [-0.25, -0.2) is 9.80 Å². The Labute approximate surface area is 336 Å². The van der Waals surface area contributed by atoms with Gasteiger partial charge in [-0.1, -0.05) is 86.6 Å². The van der Waals surface area contributed by atoms with Crippen LogP contribution in [0.15, 0.2) is 146 Å². The van der Waals surface area contributed by atoms with Crippen LogP contribution in [0, 0.1) is 0 Å². The minimum Gasteiger partial charge on any atom is -0.399 e. The Bertz CT molecular complexity index is 2800. The van der Waals surface area contributed by atoms with Crippen LogP contribution in [0.4, 0.5) is 22.7 Å². The van der Waals surface area contributed by atoms with Crippen LogP contribution in [0.2, 0.25) is 0 Å². The third-order valence-electron chi connectivity index (χ3n) is 11.2. The maximum absolute atomic E-state index is 14.0. The highest BCUT2D eigenvalue weighted by Gasteiger charge is 2.39. The molecule has 9 rings (SSSR count). The number of anilines is 4. The molecule has 0 spiro atoms. The lowest BCUT2D eigenvalue weighted by atomic mass is 9.93. The Morgan fingerprint density at radius 1 is 0.362 bits per heavy atom. The first-order chi connectivity index (χ1) is 28.1. The number of carbonyl (C=O) groups excluding carboxylic acids is 4. The average molecular weight is 759 g/mol. The molecule has 8 nitrogen and oxygen atoms in total. The number of benzene rings is 7. The number of hydrogen-bond acceptors (Lipinski definition) is 6. The van der Waals surface area contributed by atoms with Crippen LogP contribution in [0.3, 0.4) is 0 Å². The van der Waals surface area contributed by atoms with Crippen LogP contribution < -0.4 is 21.3 Å². The molecule has 2 aliphatic heterocycles. The lowest BCUT2D eigenvalue weighted by molar-refractivity contribution is 0.0910. The number of rotatable bonds is 8. The van der Waals surface area contributed by atoms with E-state index < -0.39 is 0 Å². The lowest BCUT2D eigenvalue weighted by Crippen LogP contribution is -2.31. The summed E-state index contributed by atoms with van der Waals surface area (Å²) in [5.74, 6) is -1.35. The third kappa shape index (κ3) is 6.03. The van der Waals surface area contributed by atoms with E-state index in [0.717, 1.165) is 55.6 Å². The number of nitrogens with zero attached hydrogens (tertiary/aromatic N) is 2.